The number of halogens is 2. The van der Waals surface area contributed by atoms with Crippen molar-refractivity contribution in [3.8, 4) is 0 Å². The second-order valence-electron chi connectivity index (χ2n) is 4.75. The fourth-order valence-electron chi connectivity index (χ4n) is 2.07. The minimum atomic E-state index is -0.00847. The highest BCUT2D eigenvalue weighted by Gasteiger charge is 2.09. The van der Waals surface area contributed by atoms with E-state index in [-0.39, 0.29) is 18.3 Å². The van der Waals surface area contributed by atoms with Gasteiger partial charge < -0.3 is 10.6 Å². The summed E-state index contributed by atoms with van der Waals surface area (Å²) in [5, 5.41) is 6.27. The molecule has 1 amide bonds. The highest BCUT2D eigenvalue weighted by atomic mass is 79.9. The molecule has 0 unspecified atom stereocenters. The van der Waals surface area contributed by atoms with Gasteiger partial charge in [0.1, 0.15) is 0 Å². The fourth-order valence-corrected chi connectivity index (χ4v) is 2.49. The maximum atomic E-state index is 12.2. The Labute approximate surface area is 146 Å². The number of nitrogens with one attached hydrogen (secondary N) is 2. The molecule has 5 heteroatoms. The lowest BCUT2D eigenvalue weighted by atomic mass is 10.1. The van der Waals surface area contributed by atoms with Crippen molar-refractivity contribution in [2.45, 2.75) is 19.9 Å². The quantitative estimate of drug-likeness (QED) is 0.786. The van der Waals surface area contributed by atoms with Gasteiger partial charge in [0.15, 0.2) is 0 Å². The number of rotatable bonds is 6. The van der Waals surface area contributed by atoms with E-state index in [4.69, 9.17) is 0 Å². The molecule has 3 nitrogen and oxygen atoms in total. The van der Waals surface area contributed by atoms with E-state index >= 15 is 0 Å². The predicted octanol–water partition coefficient (Wildman–Crippen LogP) is 4.16. The van der Waals surface area contributed by atoms with E-state index in [1.54, 1.807) is 0 Å². The highest BCUT2D eigenvalue weighted by Crippen LogP contribution is 2.18. The third kappa shape index (κ3) is 5.44. The predicted molar refractivity (Wildman–Crippen MR) is 97.5 cm³/mol. The van der Waals surface area contributed by atoms with Crippen LogP contribution in [0.1, 0.15) is 18.1 Å². The fraction of sp³-hybridized carbons (Fsp3) is 0.235. The number of carbonyl (C=O) groups excluding carboxylic acids is 1. The molecule has 2 aromatic carbocycles. The molecule has 2 aromatic rings. The molecule has 0 spiro atoms. The number of hydrogen-bond acceptors (Lipinski definition) is 2. The average molecular weight is 384 g/mol. The maximum Gasteiger partial charge on any atom is 0.228 e. The summed E-state index contributed by atoms with van der Waals surface area (Å²) in [6.45, 7) is 3.72. The largest absolute Gasteiger partial charge is 0.325 e. The van der Waals surface area contributed by atoms with Crippen LogP contribution < -0.4 is 10.6 Å². The standard InChI is InChI=1S/C17H19BrN2O.ClH/c1-2-19-12-14-8-4-6-10-16(14)20-17(21)11-13-7-3-5-9-15(13)18;/h3-10,19H,2,11-12H2,1H3,(H,20,21);1H. The van der Waals surface area contributed by atoms with Crippen LogP contribution in [-0.4, -0.2) is 12.5 Å². The lowest BCUT2D eigenvalue weighted by Gasteiger charge is -2.12. The SMILES string of the molecule is CCNCc1ccccc1NC(=O)Cc1ccccc1Br.Cl. The first kappa shape index (κ1) is 18.7. The van der Waals surface area contributed by atoms with E-state index in [0.29, 0.717) is 6.42 Å². The minimum absolute atomic E-state index is 0. The van der Waals surface area contributed by atoms with Gasteiger partial charge in [-0.2, -0.15) is 0 Å². The van der Waals surface area contributed by atoms with Gasteiger partial charge >= 0.3 is 0 Å². The number of anilines is 1. The first-order valence-electron chi connectivity index (χ1n) is 7.02. The summed E-state index contributed by atoms with van der Waals surface area (Å²) in [4.78, 5) is 12.2. The number of amides is 1. The van der Waals surface area contributed by atoms with Crippen molar-refractivity contribution in [1.29, 1.82) is 0 Å². The number of carbonyl (C=O) groups is 1. The van der Waals surface area contributed by atoms with Crippen LogP contribution >= 0.6 is 28.3 Å². The van der Waals surface area contributed by atoms with Crippen molar-refractivity contribution in [2.24, 2.45) is 0 Å². The molecule has 22 heavy (non-hydrogen) atoms. The summed E-state index contributed by atoms with van der Waals surface area (Å²) in [6, 6.07) is 15.7. The molecule has 2 N–H and O–H groups in total. The summed E-state index contributed by atoms with van der Waals surface area (Å²) >= 11 is 3.47. The molecule has 0 fully saturated rings. The van der Waals surface area contributed by atoms with Crippen molar-refractivity contribution in [2.75, 3.05) is 11.9 Å². The van der Waals surface area contributed by atoms with Gasteiger partial charge in [-0.1, -0.05) is 59.3 Å². The number of para-hydroxylation sites is 1. The average Bonchev–Trinajstić information content (AvgIpc) is 2.49. The lowest BCUT2D eigenvalue weighted by molar-refractivity contribution is -0.115. The van der Waals surface area contributed by atoms with Crippen LogP contribution in [-0.2, 0) is 17.8 Å². The van der Waals surface area contributed by atoms with Crippen LogP contribution in [0.4, 0.5) is 5.69 Å². The molecule has 0 saturated heterocycles. The smallest absolute Gasteiger partial charge is 0.228 e. The first-order chi connectivity index (χ1) is 10.2. The lowest BCUT2D eigenvalue weighted by Crippen LogP contribution is -2.18. The van der Waals surface area contributed by atoms with Crippen molar-refractivity contribution in [1.82, 2.24) is 5.32 Å². The summed E-state index contributed by atoms with van der Waals surface area (Å²) in [7, 11) is 0. The molecule has 0 aliphatic carbocycles. The van der Waals surface area contributed by atoms with E-state index < -0.39 is 0 Å². The van der Waals surface area contributed by atoms with Crippen LogP contribution in [0.15, 0.2) is 53.0 Å². The zero-order chi connectivity index (χ0) is 15.1. The van der Waals surface area contributed by atoms with Crippen LogP contribution in [0.3, 0.4) is 0 Å². The topological polar surface area (TPSA) is 41.1 Å². The van der Waals surface area contributed by atoms with Crippen LogP contribution in [0.2, 0.25) is 0 Å². The molecule has 118 valence electrons. The second kappa shape index (κ2) is 9.62. The van der Waals surface area contributed by atoms with Crippen LogP contribution in [0.25, 0.3) is 0 Å². The Morgan fingerprint density at radius 1 is 1.05 bits per heavy atom. The van der Waals surface area contributed by atoms with Gasteiger partial charge in [0.2, 0.25) is 5.91 Å². The summed E-state index contributed by atoms with van der Waals surface area (Å²) < 4.78 is 0.959. The molecular formula is C17H20BrClN2O. The van der Waals surface area contributed by atoms with Gasteiger partial charge in [-0.15, -0.1) is 12.4 Å². The molecule has 0 aliphatic heterocycles. The van der Waals surface area contributed by atoms with E-state index in [1.807, 2.05) is 48.5 Å². The van der Waals surface area contributed by atoms with Crippen LogP contribution in [0.5, 0.6) is 0 Å². The summed E-state index contributed by atoms with van der Waals surface area (Å²) in [6.07, 6.45) is 0.358. The highest BCUT2D eigenvalue weighted by molar-refractivity contribution is 9.10. The van der Waals surface area contributed by atoms with E-state index in [2.05, 4.69) is 33.5 Å². The van der Waals surface area contributed by atoms with E-state index in [0.717, 1.165) is 34.4 Å². The van der Waals surface area contributed by atoms with Gasteiger partial charge in [0, 0.05) is 16.7 Å². The third-order valence-corrected chi connectivity index (χ3v) is 3.94. The molecule has 0 heterocycles. The zero-order valence-corrected chi connectivity index (χ0v) is 14.8. The van der Waals surface area contributed by atoms with Crippen molar-refractivity contribution < 1.29 is 4.79 Å². The monoisotopic (exact) mass is 382 g/mol. The second-order valence-corrected chi connectivity index (χ2v) is 5.61. The van der Waals surface area contributed by atoms with E-state index in [9.17, 15) is 4.79 Å². The Hall–Kier alpha value is -1.36. The molecule has 0 aliphatic rings. The van der Waals surface area contributed by atoms with Gasteiger partial charge in [-0.3, -0.25) is 4.79 Å². The van der Waals surface area contributed by atoms with Crippen molar-refractivity contribution in [3.63, 3.8) is 0 Å². The maximum absolute atomic E-state index is 12.2. The molecule has 2 rings (SSSR count). The Balaban J connectivity index is 0.00000242. The van der Waals surface area contributed by atoms with E-state index in [1.165, 1.54) is 0 Å². The number of benzene rings is 2. The molecule has 0 aromatic heterocycles. The van der Waals surface area contributed by atoms with Crippen molar-refractivity contribution >= 4 is 39.9 Å². The normalized spacial score (nSPS) is 9.91. The summed E-state index contributed by atoms with van der Waals surface area (Å²) in [5.74, 6) is -0.00847. The Bertz CT molecular complexity index is 619. The number of hydrogen-bond donors (Lipinski definition) is 2. The molecular weight excluding hydrogens is 364 g/mol. The summed E-state index contributed by atoms with van der Waals surface area (Å²) in [5.41, 5.74) is 2.95. The molecule has 0 radical (unpaired) electrons. The van der Waals surface area contributed by atoms with Gasteiger partial charge in [0.25, 0.3) is 0 Å². The molecule has 0 atom stereocenters. The van der Waals surface area contributed by atoms with Gasteiger partial charge in [0.05, 0.1) is 6.42 Å². The zero-order valence-electron chi connectivity index (χ0n) is 12.4. The van der Waals surface area contributed by atoms with Crippen LogP contribution in [0, 0.1) is 0 Å². The van der Waals surface area contributed by atoms with Gasteiger partial charge in [-0.05, 0) is 29.8 Å². The molecule has 0 bridgehead atoms. The van der Waals surface area contributed by atoms with Crippen molar-refractivity contribution in [3.05, 3.63) is 64.1 Å². The molecule has 0 saturated carbocycles. The Morgan fingerprint density at radius 2 is 1.68 bits per heavy atom. The Morgan fingerprint density at radius 3 is 2.36 bits per heavy atom. The third-order valence-electron chi connectivity index (χ3n) is 3.17. The Kier molecular flexibility index (Phi) is 8.17. The first-order valence-corrected chi connectivity index (χ1v) is 7.82. The van der Waals surface area contributed by atoms with Gasteiger partial charge in [-0.25, -0.2) is 0 Å². The minimum Gasteiger partial charge on any atom is -0.325 e.